The van der Waals surface area contributed by atoms with Crippen molar-refractivity contribution in [3.8, 4) is 5.75 Å². The van der Waals surface area contributed by atoms with Crippen LogP contribution in [-0.4, -0.2) is 31.0 Å². The number of nitrogen functional groups attached to an aromatic ring is 1. The molecular weight excluding hydrogens is 335 g/mol. The quantitative estimate of drug-likeness (QED) is 0.819. The summed E-state index contributed by atoms with van der Waals surface area (Å²) in [5.41, 5.74) is 6.70. The molecule has 1 aromatic carbocycles. The zero-order chi connectivity index (χ0) is 16.3. The number of amides is 1. The van der Waals surface area contributed by atoms with Crippen LogP contribution in [0, 0.1) is 11.8 Å². The minimum absolute atomic E-state index is 0. The molecule has 1 aromatic rings. The van der Waals surface area contributed by atoms with Crippen LogP contribution in [0.3, 0.4) is 0 Å². The maximum absolute atomic E-state index is 12.8. The summed E-state index contributed by atoms with van der Waals surface area (Å²) < 4.78 is 5.30. The van der Waals surface area contributed by atoms with E-state index in [0.717, 1.165) is 25.9 Å². The molecule has 6 heteroatoms. The summed E-state index contributed by atoms with van der Waals surface area (Å²) in [5.74, 6) is 1.81. The van der Waals surface area contributed by atoms with Gasteiger partial charge in [-0.1, -0.05) is 25.4 Å². The van der Waals surface area contributed by atoms with Gasteiger partial charge >= 0.3 is 0 Å². The third-order valence-electron chi connectivity index (χ3n) is 4.55. The van der Waals surface area contributed by atoms with Crippen LogP contribution in [0.4, 0.5) is 5.69 Å². The monoisotopic (exact) mass is 360 g/mol. The second kappa shape index (κ2) is 8.65. The summed E-state index contributed by atoms with van der Waals surface area (Å²) in [4.78, 5) is 14.7. The summed E-state index contributed by atoms with van der Waals surface area (Å²) in [6, 6.07) is 3.23. The first-order valence-corrected chi connectivity index (χ1v) is 8.24. The van der Waals surface area contributed by atoms with E-state index in [-0.39, 0.29) is 18.3 Å². The van der Waals surface area contributed by atoms with Gasteiger partial charge in [0.2, 0.25) is 0 Å². The molecule has 1 fully saturated rings. The molecule has 0 bridgehead atoms. The molecule has 1 saturated heterocycles. The fraction of sp³-hybridized carbons (Fsp3) is 0.588. The number of hydrogen-bond donors (Lipinski definition) is 1. The molecule has 0 radical (unpaired) electrons. The number of rotatable bonds is 3. The van der Waals surface area contributed by atoms with E-state index in [4.69, 9.17) is 22.1 Å². The van der Waals surface area contributed by atoms with Gasteiger partial charge in [-0.25, -0.2) is 0 Å². The van der Waals surface area contributed by atoms with Crippen LogP contribution in [0.2, 0.25) is 5.02 Å². The molecule has 1 amide bonds. The Balaban J connectivity index is 0.00000264. The van der Waals surface area contributed by atoms with Crippen molar-refractivity contribution in [1.29, 1.82) is 0 Å². The number of carbonyl (C=O) groups excluding carboxylic acids is 1. The Bertz CT molecular complexity index is 550. The van der Waals surface area contributed by atoms with Crippen LogP contribution in [0.5, 0.6) is 5.75 Å². The average molecular weight is 361 g/mol. The van der Waals surface area contributed by atoms with Gasteiger partial charge in [0, 0.05) is 19.2 Å². The van der Waals surface area contributed by atoms with E-state index < -0.39 is 0 Å². The van der Waals surface area contributed by atoms with Gasteiger partial charge in [0.25, 0.3) is 5.91 Å². The number of anilines is 1. The topological polar surface area (TPSA) is 55.6 Å². The fourth-order valence-corrected chi connectivity index (χ4v) is 3.23. The zero-order valence-electron chi connectivity index (χ0n) is 14.0. The second-order valence-electron chi connectivity index (χ2n) is 6.30. The molecule has 4 nitrogen and oxygen atoms in total. The lowest BCUT2D eigenvalue weighted by molar-refractivity contribution is 0.0755. The van der Waals surface area contributed by atoms with E-state index in [1.54, 1.807) is 12.1 Å². The standard InChI is InChI=1S/C17H25ClN2O2.ClH/c1-11(2)12-5-4-7-20(8-6-12)17(21)13-9-14(18)15(19)10-16(13)22-3;/h9-12H,4-8,19H2,1-3H3;1H. The molecule has 2 N–H and O–H groups in total. The SMILES string of the molecule is COc1cc(N)c(Cl)cc1C(=O)N1CCCC(C(C)C)CC1.Cl. The number of nitrogens with zero attached hydrogens (tertiary/aromatic N) is 1. The Morgan fingerprint density at radius 3 is 2.65 bits per heavy atom. The van der Waals surface area contributed by atoms with Crippen molar-refractivity contribution in [1.82, 2.24) is 4.90 Å². The predicted octanol–water partition coefficient (Wildman–Crippen LogP) is 4.25. The lowest BCUT2D eigenvalue weighted by atomic mass is 9.89. The number of nitrogens with two attached hydrogens (primary N) is 1. The van der Waals surface area contributed by atoms with E-state index >= 15 is 0 Å². The minimum Gasteiger partial charge on any atom is -0.496 e. The highest BCUT2D eigenvalue weighted by Gasteiger charge is 2.25. The number of hydrogen-bond acceptors (Lipinski definition) is 3. The van der Waals surface area contributed by atoms with E-state index in [9.17, 15) is 4.79 Å². The molecule has 0 spiro atoms. The molecule has 2 rings (SSSR count). The van der Waals surface area contributed by atoms with Gasteiger partial charge < -0.3 is 15.4 Å². The largest absolute Gasteiger partial charge is 0.496 e. The van der Waals surface area contributed by atoms with Gasteiger partial charge in [-0.15, -0.1) is 12.4 Å². The smallest absolute Gasteiger partial charge is 0.257 e. The van der Waals surface area contributed by atoms with E-state index in [0.29, 0.717) is 33.9 Å². The van der Waals surface area contributed by atoms with Crippen molar-refractivity contribution in [2.75, 3.05) is 25.9 Å². The van der Waals surface area contributed by atoms with E-state index in [1.807, 2.05) is 4.90 Å². The highest BCUT2D eigenvalue weighted by atomic mass is 35.5. The second-order valence-corrected chi connectivity index (χ2v) is 6.71. The number of ether oxygens (including phenoxy) is 1. The van der Waals surface area contributed by atoms with Crippen LogP contribution in [0.25, 0.3) is 0 Å². The molecule has 130 valence electrons. The first-order chi connectivity index (χ1) is 10.4. The summed E-state index contributed by atoms with van der Waals surface area (Å²) in [5, 5.41) is 0.388. The summed E-state index contributed by atoms with van der Waals surface area (Å²) >= 11 is 6.07. The fourth-order valence-electron chi connectivity index (χ4n) is 3.07. The first kappa shape index (κ1) is 19.9. The average Bonchev–Trinajstić information content (AvgIpc) is 2.74. The van der Waals surface area contributed by atoms with E-state index in [2.05, 4.69) is 13.8 Å². The molecule has 0 aromatic heterocycles. The van der Waals surface area contributed by atoms with Gasteiger partial charge in [-0.05, 0) is 37.2 Å². The highest BCUT2D eigenvalue weighted by molar-refractivity contribution is 6.33. The first-order valence-electron chi connectivity index (χ1n) is 7.86. The van der Waals surface area contributed by atoms with Gasteiger partial charge in [-0.2, -0.15) is 0 Å². The minimum atomic E-state index is -0.0249. The maximum Gasteiger partial charge on any atom is 0.257 e. The molecule has 0 saturated carbocycles. The third-order valence-corrected chi connectivity index (χ3v) is 4.88. The molecule has 1 heterocycles. The molecular formula is C17H26Cl2N2O2. The number of methoxy groups -OCH3 is 1. The number of halogens is 2. The number of likely N-dealkylation sites (tertiary alicyclic amines) is 1. The molecule has 0 aliphatic carbocycles. The lowest BCUT2D eigenvalue weighted by Crippen LogP contribution is -2.32. The van der Waals surface area contributed by atoms with Crippen LogP contribution in [-0.2, 0) is 0 Å². The van der Waals surface area contributed by atoms with Crippen molar-refractivity contribution in [3.63, 3.8) is 0 Å². The van der Waals surface area contributed by atoms with Crippen molar-refractivity contribution in [2.24, 2.45) is 11.8 Å². The van der Waals surface area contributed by atoms with Crippen molar-refractivity contribution < 1.29 is 9.53 Å². The van der Waals surface area contributed by atoms with Crippen LogP contribution >= 0.6 is 24.0 Å². The zero-order valence-corrected chi connectivity index (χ0v) is 15.5. The third kappa shape index (κ3) is 4.67. The normalized spacial score (nSPS) is 18.3. The molecule has 1 unspecified atom stereocenters. The van der Waals surface area contributed by atoms with E-state index in [1.165, 1.54) is 13.5 Å². The van der Waals surface area contributed by atoms with Crippen molar-refractivity contribution in [3.05, 3.63) is 22.7 Å². The summed E-state index contributed by atoms with van der Waals surface area (Å²) in [6.45, 7) is 6.08. The maximum atomic E-state index is 12.8. The number of carbonyl (C=O) groups is 1. The predicted molar refractivity (Wildman–Crippen MR) is 97.7 cm³/mol. The van der Waals surface area contributed by atoms with Crippen molar-refractivity contribution >= 4 is 35.6 Å². The Kier molecular flexibility index (Phi) is 7.49. The summed E-state index contributed by atoms with van der Waals surface area (Å²) in [7, 11) is 1.54. The van der Waals surface area contributed by atoms with Gasteiger partial charge in [0.15, 0.2) is 0 Å². The van der Waals surface area contributed by atoms with Gasteiger partial charge in [-0.3, -0.25) is 4.79 Å². The van der Waals surface area contributed by atoms with Crippen molar-refractivity contribution in [2.45, 2.75) is 33.1 Å². The van der Waals surface area contributed by atoms with Crippen LogP contribution < -0.4 is 10.5 Å². The number of benzene rings is 1. The van der Waals surface area contributed by atoms with Gasteiger partial charge in [0.1, 0.15) is 5.75 Å². The Labute approximate surface area is 149 Å². The Hall–Kier alpha value is -1.13. The summed E-state index contributed by atoms with van der Waals surface area (Å²) in [6.07, 6.45) is 3.27. The van der Waals surface area contributed by atoms with Crippen LogP contribution in [0.1, 0.15) is 43.5 Å². The Morgan fingerprint density at radius 2 is 2.04 bits per heavy atom. The molecule has 23 heavy (non-hydrogen) atoms. The molecule has 1 atom stereocenters. The molecule has 1 aliphatic heterocycles. The molecule has 1 aliphatic rings. The van der Waals surface area contributed by atoms with Gasteiger partial charge in [0.05, 0.1) is 23.4 Å². The highest BCUT2D eigenvalue weighted by Crippen LogP contribution is 2.31. The Morgan fingerprint density at radius 1 is 1.35 bits per heavy atom. The van der Waals surface area contributed by atoms with Crippen LogP contribution in [0.15, 0.2) is 12.1 Å². The lowest BCUT2D eigenvalue weighted by Gasteiger charge is -2.23.